The van der Waals surface area contributed by atoms with Gasteiger partial charge in [-0.1, -0.05) is 6.92 Å². The molecule has 0 N–H and O–H groups in total. The van der Waals surface area contributed by atoms with Crippen molar-refractivity contribution in [2.24, 2.45) is 0 Å². The topological polar surface area (TPSA) is 26.3 Å². The molecule has 1 aromatic carbocycles. The van der Waals surface area contributed by atoms with Crippen LogP contribution in [0.25, 0.3) is 0 Å². The monoisotopic (exact) mass is 198 g/mol. The van der Waals surface area contributed by atoms with Crippen LogP contribution in [0.1, 0.15) is 22.8 Å². The van der Waals surface area contributed by atoms with Crippen molar-refractivity contribution in [2.45, 2.75) is 13.3 Å². The summed E-state index contributed by atoms with van der Waals surface area (Å²) in [5.41, 5.74) is 1.48. The van der Waals surface area contributed by atoms with E-state index in [-0.39, 0.29) is 0 Å². The van der Waals surface area contributed by atoms with Crippen molar-refractivity contribution >= 4 is 16.8 Å². The van der Waals surface area contributed by atoms with E-state index in [1.807, 2.05) is 13.0 Å². The number of hydrogen-bond acceptors (Lipinski definition) is 2. The third-order valence-corrected chi connectivity index (χ3v) is 2.11. The van der Waals surface area contributed by atoms with Crippen LogP contribution in [-0.2, 0) is 6.42 Å². The Morgan fingerprint density at radius 2 is 2.23 bits per heavy atom. The molecule has 0 aliphatic heterocycles. The molecule has 2 nitrogen and oxygen atoms in total. The highest BCUT2D eigenvalue weighted by atomic mass is 35.5. The third kappa shape index (κ3) is 2.22. The first-order valence-electron chi connectivity index (χ1n) is 4.05. The Bertz CT molecular complexity index is 321. The Morgan fingerprint density at radius 1 is 1.54 bits per heavy atom. The van der Waals surface area contributed by atoms with Crippen molar-refractivity contribution in [2.75, 3.05) is 7.11 Å². The van der Waals surface area contributed by atoms with Crippen molar-refractivity contribution in [3.8, 4) is 5.75 Å². The Labute approximate surface area is 82.5 Å². The molecule has 0 aliphatic carbocycles. The first-order chi connectivity index (χ1) is 6.19. The Balaban J connectivity index is 3.15. The molecule has 0 unspecified atom stereocenters. The van der Waals surface area contributed by atoms with E-state index in [2.05, 4.69) is 0 Å². The third-order valence-electron chi connectivity index (χ3n) is 1.91. The highest BCUT2D eigenvalue weighted by molar-refractivity contribution is 6.67. The maximum absolute atomic E-state index is 10.9. The first kappa shape index (κ1) is 10.1. The maximum Gasteiger partial charge on any atom is 0.252 e. The minimum Gasteiger partial charge on any atom is -0.497 e. The summed E-state index contributed by atoms with van der Waals surface area (Å²) in [6.45, 7) is 1.97. The van der Waals surface area contributed by atoms with Crippen molar-refractivity contribution in [3.63, 3.8) is 0 Å². The average molecular weight is 199 g/mol. The number of aryl methyl sites for hydroxylation is 1. The maximum atomic E-state index is 10.9. The Hall–Kier alpha value is -1.02. The van der Waals surface area contributed by atoms with Crippen LogP contribution in [0.3, 0.4) is 0 Å². The molecule has 1 aromatic rings. The fourth-order valence-electron chi connectivity index (χ4n) is 1.18. The van der Waals surface area contributed by atoms with E-state index in [1.54, 1.807) is 19.2 Å². The number of halogens is 1. The van der Waals surface area contributed by atoms with Crippen molar-refractivity contribution in [3.05, 3.63) is 29.3 Å². The molecule has 0 spiro atoms. The fourth-order valence-corrected chi connectivity index (χ4v) is 1.37. The molecule has 0 atom stereocenters. The number of carbonyl (C=O) groups excluding carboxylic acids is 1. The van der Waals surface area contributed by atoms with Crippen LogP contribution < -0.4 is 4.74 Å². The predicted octanol–water partition coefficient (Wildman–Crippen LogP) is 2.64. The van der Waals surface area contributed by atoms with Crippen LogP contribution in [0, 0.1) is 0 Å². The molecule has 0 fully saturated rings. The predicted molar refractivity (Wildman–Crippen MR) is 52.6 cm³/mol. The van der Waals surface area contributed by atoms with E-state index < -0.39 is 5.24 Å². The molecule has 0 radical (unpaired) electrons. The zero-order valence-electron chi connectivity index (χ0n) is 7.63. The second kappa shape index (κ2) is 4.28. The minimum absolute atomic E-state index is 0.417. The van der Waals surface area contributed by atoms with Crippen molar-refractivity contribution < 1.29 is 9.53 Å². The minimum atomic E-state index is -0.417. The summed E-state index contributed by atoms with van der Waals surface area (Å²) in [4.78, 5) is 10.9. The summed E-state index contributed by atoms with van der Waals surface area (Å²) in [5, 5.41) is -0.417. The standard InChI is InChI=1S/C10H11ClO2/c1-3-7-6-8(13-2)4-5-9(7)10(11)12/h4-6H,3H2,1-2H3. The smallest absolute Gasteiger partial charge is 0.252 e. The summed E-state index contributed by atoms with van der Waals surface area (Å²) < 4.78 is 5.04. The molecular weight excluding hydrogens is 188 g/mol. The van der Waals surface area contributed by atoms with Crippen LogP contribution in [0.15, 0.2) is 18.2 Å². The molecule has 70 valence electrons. The van der Waals surface area contributed by atoms with Gasteiger partial charge >= 0.3 is 0 Å². The van der Waals surface area contributed by atoms with Gasteiger partial charge in [-0.15, -0.1) is 0 Å². The van der Waals surface area contributed by atoms with Gasteiger partial charge in [-0.05, 0) is 41.8 Å². The molecule has 3 heteroatoms. The van der Waals surface area contributed by atoms with E-state index in [1.165, 1.54) is 0 Å². The van der Waals surface area contributed by atoms with E-state index in [0.717, 1.165) is 17.7 Å². The van der Waals surface area contributed by atoms with Gasteiger partial charge in [0.25, 0.3) is 5.24 Å². The normalized spacial score (nSPS) is 9.77. The van der Waals surface area contributed by atoms with E-state index >= 15 is 0 Å². The lowest BCUT2D eigenvalue weighted by molar-refractivity contribution is 0.108. The van der Waals surface area contributed by atoms with Gasteiger partial charge in [0.15, 0.2) is 0 Å². The molecule has 0 bridgehead atoms. The highest BCUT2D eigenvalue weighted by Gasteiger charge is 2.08. The molecule has 0 amide bonds. The highest BCUT2D eigenvalue weighted by Crippen LogP contribution is 2.19. The summed E-state index contributed by atoms with van der Waals surface area (Å²) >= 11 is 5.40. The Morgan fingerprint density at radius 3 is 2.69 bits per heavy atom. The second-order valence-corrected chi connectivity index (χ2v) is 2.99. The Kier molecular flexibility index (Phi) is 3.32. The summed E-state index contributed by atoms with van der Waals surface area (Å²) in [6, 6.07) is 5.25. The van der Waals surface area contributed by atoms with Crippen LogP contribution in [0.4, 0.5) is 0 Å². The van der Waals surface area contributed by atoms with Gasteiger partial charge in [0, 0.05) is 5.56 Å². The summed E-state index contributed by atoms with van der Waals surface area (Å²) in [7, 11) is 1.59. The molecule has 13 heavy (non-hydrogen) atoms. The SMILES string of the molecule is CCc1cc(OC)ccc1C(=O)Cl. The molecule has 0 aromatic heterocycles. The number of carbonyl (C=O) groups is 1. The van der Waals surface area contributed by atoms with E-state index in [0.29, 0.717) is 5.56 Å². The van der Waals surface area contributed by atoms with Crippen LogP contribution >= 0.6 is 11.6 Å². The molecule has 0 aliphatic rings. The van der Waals surface area contributed by atoms with Gasteiger partial charge in [0.2, 0.25) is 0 Å². The van der Waals surface area contributed by atoms with Gasteiger partial charge in [-0.2, -0.15) is 0 Å². The molecular formula is C10H11ClO2. The second-order valence-electron chi connectivity index (χ2n) is 2.65. The van der Waals surface area contributed by atoms with Gasteiger partial charge in [-0.3, -0.25) is 4.79 Å². The lowest BCUT2D eigenvalue weighted by Gasteiger charge is -2.05. The first-order valence-corrected chi connectivity index (χ1v) is 4.43. The van der Waals surface area contributed by atoms with Gasteiger partial charge in [0.05, 0.1) is 7.11 Å². The van der Waals surface area contributed by atoms with Crippen LogP contribution in [0.2, 0.25) is 0 Å². The quantitative estimate of drug-likeness (QED) is 0.698. The largest absolute Gasteiger partial charge is 0.497 e. The van der Waals surface area contributed by atoms with Crippen molar-refractivity contribution in [1.82, 2.24) is 0 Å². The lowest BCUT2D eigenvalue weighted by atomic mass is 10.1. The lowest BCUT2D eigenvalue weighted by Crippen LogP contribution is -1.97. The number of methoxy groups -OCH3 is 1. The van der Waals surface area contributed by atoms with Gasteiger partial charge in [0.1, 0.15) is 5.75 Å². The van der Waals surface area contributed by atoms with Crippen LogP contribution in [-0.4, -0.2) is 12.4 Å². The number of ether oxygens (including phenoxy) is 1. The molecule has 0 saturated heterocycles. The average Bonchev–Trinajstić information content (AvgIpc) is 2.16. The fraction of sp³-hybridized carbons (Fsp3) is 0.300. The number of hydrogen-bond donors (Lipinski definition) is 0. The molecule has 0 heterocycles. The molecule has 1 rings (SSSR count). The van der Waals surface area contributed by atoms with Gasteiger partial charge < -0.3 is 4.74 Å². The number of benzene rings is 1. The summed E-state index contributed by atoms with van der Waals surface area (Å²) in [5.74, 6) is 0.749. The van der Waals surface area contributed by atoms with Gasteiger partial charge in [-0.25, -0.2) is 0 Å². The molecule has 0 saturated carbocycles. The van der Waals surface area contributed by atoms with E-state index in [4.69, 9.17) is 16.3 Å². The zero-order chi connectivity index (χ0) is 9.84. The zero-order valence-corrected chi connectivity index (χ0v) is 8.39. The number of rotatable bonds is 3. The summed E-state index contributed by atoms with van der Waals surface area (Å²) in [6.07, 6.45) is 0.769. The van der Waals surface area contributed by atoms with Crippen LogP contribution in [0.5, 0.6) is 5.75 Å². The van der Waals surface area contributed by atoms with E-state index in [9.17, 15) is 4.79 Å². The van der Waals surface area contributed by atoms with Crippen molar-refractivity contribution in [1.29, 1.82) is 0 Å².